The molecule has 1 N–H and O–H groups in total. The predicted molar refractivity (Wildman–Crippen MR) is 86.4 cm³/mol. The van der Waals surface area contributed by atoms with Gasteiger partial charge >= 0.3 is 0 Å². The maximum absolute atomic E-state index is 5.00. The Morgan fingerprint density at radius 3 is 2.60 bits per heavy atom. The van der Waals surface area contributed by atoms with Gasteiger partial charge in [0.2, 0.25) is 0 Å². The molecule has 1 aliphatic heterocycles. The van der Waals surface area contributed by atoms with Crippen molar-refractivity contribution < 1.29 is 0 Å². The third kappa shape index (κ3) is 2.48. The van der Waals surface area contributed by atoms with E-state index >= 15 is 0 Å². The number of thioether (sulfide) groups is 1. The van der Waals surface area contributed by atoms with E-state index < -0.39 is 0 Å². The van der Waals surface area contributed by atoms with Crippen LogP contribution in [-0.2, 0) is 12.8 Å². The molecule has 0 amide bonds. The molecule has 0 bridgehead atoms. The fraction of sp³-hybridized carbons (Fsp3) is 0.588. The second kappa shape index (κ2) is 5.44. The van der Waals surface area contributed by atoms with Gasteiger partial charge in [0.05, 0.1) is 6.04 Å². The fourth-order valence-corrected chi connectivity index (χ4v) is 5.06. The molecule has 1 aromatic carbocycles. The first-order chi connectivity index (χ1) is 9.88. The highest BCUT2D eigenvalue weighted by Gasteiger charge is 2.30. The second-order valence-corrected chi connectivity index (χ2v) is 7.38. The van der Waals surface area contributed by atoms with E-state index in [4.69, 9.17) is 4.99 Å². The van der Waals surface area contributed by atoms with E-state index in [-0.39, 0.29) is 0 Å². The van der Waals surface area contributed by atoms with E-state index in [0.717, 1.165) is 18.8 Å². The molecule has 4 rings (SSSR count). The normalized spacial score (nSPS) is 29.5. The Morgan fingerprint density at radius 2 is 1.80 bits per heavy atom. The number of nitrogens with zero attached hydrogens (tertiary/aromatic N) is 1. The first-order valence-corrected chi connectivity index (χ1v) is 8.91. The van der Waals surface area contributed by atoms with Crippen LogP contribution in [0, 0.1) is 5.92 Å². The van der Waals surface area contributed by atoms with Gasteiger partial charge in [0, 0.05) is 11.8 Å². The lowest BCUT2D eigenvalue weighted by molar-refractivity contribution is 0.335. The van der Waals surface area contributed by atoms with Crippen LogP contribution >= 0.6 is 11.8 Å². The summed E-state index contributed by atoms with van der Waals surface area (Å²) in [5, 5.41) is 4.92. The van der Waals surface area contributed by atoms with Crippen LogP contribution in [0.1, 0.15) is 36.8 Å². The van der Waals surface area contributed by atoms with Crippen LogP contribution in [0.3, 0.4) is 0 Å². The Bertz CT molecular complexity index is 500. The van der Waals surface area contributed by atoms with Gasteiger partial charge in [-0.3, -0.25) is 4.99 Å². The number of hydrogen-bond donors (Lipinski definition) is 1. The second-order valence-electron chi connectivity index (χ2n) is 6.38. The number of hydrogen-bond acceptors (Lipinski definition) is 3. The van der Waals surface area contributed by atoms with Gasteiger partial charge in [-0.25, -0.2) is 0 Å². The van der Waals surface area contributed by atoms with Crippen molar-refractivity contribution in [2.45, 2.75) is 50.6 Å². The molecule has 2 nitrogen and oxygen atoms in total. The van der Waals surface area contributed by atoms with Gasteiger partial charge in [-0.1, -0.05) is 48.9 Å². The first-order valence-electron chi connectivity index (χ1n) is 7.92. The van der Waals surface area contributed by atoms with Crippen molar-refractivity contribution in [1.82, 2.24) is 5.32 Å². The Balaban J connectivity index is 1.42. The van der Waals surface area contributed by atoms with Crippen LogP contribution in [0.25, 0.3) is 0 Å². The Labute approximate surface area is 125 Å². The summed E-state index contributed by atoms with van der Waals surface area (Å²) in [7, 11) is 0. The van der Waals surface area contributed by atoms with Crippen LogP contribution < -0.4 is 5.32 Å². The van der Waals surface area contributed by atoms with E-state index in [9.17, 15) is 0 Å². The molecule has 2 unspecified atom stereocenters. The van der Waals surface area contributed by atoms with Gasteiger partial charge in [0.15, 0.2) is 5.17 Å². The Kier molecular flexibility index (Phi) is 3.47. The third-order valence-electron chi connectivity index (χ3n) is 4.96. The summed E-state index contributed by atoms with van der Waals surface area (Å²) in [5.74, 6) is 2.12. The maximum atomic E-state index is 5.00. The molecular formula is C17H22N2S. The Hall–Kier alpha value is -0.960. The summed E-state index contributed by atoms with van der Waals surface area (Å²) in [6.07, 6.45) is 7.80. The molecule has 0 radical (unpaired) electrons. The van der Waals surface area contributed by atoms with Crippen molar-refractivity contribution in [1.29, 1.82) is 0 Å². The van der Waals surface area contributed by atoms with E-state index in [2.05, 4.69) is 29.6 Å². The van der Waals surface area contributed by atoms with Crippen LogP contribution in [-0.4, -0.2) is 23.0 Å². The smallest absolute Gasteiger partial charge is 0.157 e. The molecule has 3 aliphatic rings. The minimum absolute atomic E-state index is 0.554. The van der Waals surface area contributed by atoms with E-state index in [1.807, 2.05) is 11.8 Å². The van der Waals surface area contributed by atoms with Gasteiger partial charge in [0.25, 0.3) is 0 Å². The van der Waals surface area contributed by atoms with Crippen molar-refractivity contribution in [3.8, 4) is 0 Å². The molecule has 1 fully saturated rings. The van der Waals surface area contributed by atoms with E-state index in [1.54, 1.807) is 0 Å². The summed E-state index contributed by atoms with van der Waals surface area (Å²) in [4.78, 5) is 5.00. The van der Waals surface area contributed by atoms with Crippen molar-refractivity contribution in [2.24, 2.45) is 10.9 Å². The van der Waals surface area contributed by atoms with Crippen molar-refractivity contribution >= 4 is 16.9 Å². The average molecular weight is 286 g/mol. The molecule has 0 spiro atoms. The SMILES string of the molecule is c1ccc2c(c1)CC(NC1=NC3CCCCC3CS1)C2. The summed E-state index contributed by atoms with van der Waals surface area (Å²) in [6, 6.07) is 10.0. The van der Waals surface area contributed by atoms with Crippen LogP contribution in [0.15, 0.2) is 29.3 Å². The highest BCUT2D eigenvalue weighted by molar-refractivity contribution is 8.13. The molecule has 1 saturated carbocycles. The molecule has 0 aromatic heterocycles. The minimum atomic E-state index is 0.554. The summed E-state index contributed by atoms with van der Waals surface area (Å²) >= 11 is 1.95. The molecule has 3 heteroatoms. The third-order valence-corrected chi connectivity index (χ3v) is 6.06. The lowest BCUT2D eigenvalue weighted by Gasteiger charge is -2.33. The van der Waals surface area contributed by atoms with Crippen molar-refractivity contribution in [3.63, 3.8) is 0 Å². The number of fused-ring (bicyclic) bond motifs is 2. The monoisotopic (exact) mass is 286 g/mol. The highest BCUT2D eigenvalue weighted by atomic mass is 32.2. The molecule has 2 atom stereocenters. The summed E-state index contributed by atoms with van der Waals surface area (Å²) < 4.78 is 0. The predicted octanol–water partition coefficient (Wildman–Crippen LogP) is 3.41. The van der Waals surface area contributed by atoms with Crippen molar-refractivity contribution in [3.05, 3.63) is 35.4 Å². The fourth-order valence-electron chi connectivity index (χ4n) is 3.84. The molecule has 1 aromatic rings. The zero-order valence-corrected chi connectivity index (χ0v) is 12.7. The van der Waals surface area contributed by atoms with Crippen molar-refractivity contribution in [2.75, 3.05) is 5.75 Å². The maximum Gasteiger partial charge on any atom is 0.157 e. The lowest BCUT2D eigenvalue weighted by atomic mass is 9.86. The molecule has 2 aliphatic carbocycles. The Morgan fingerprint density at radius 1 is 1.05 bits per heavy atom. The lowest BCUT2D eigenvalue weighted by Crippen LogP contribution is -2.39. The van der Waals surface area contributed by atoms with Crippen LogP contribution in [0.4, 0.5) is 0 Å². The van der Waals surface area contributed by atoms with Gasteiger partial charge in [-0.2, -0.15) is 0 Å². The van der Waals surface area contributed by atoms with Gasteiger partial charge in [-0.05, 0) is 42.7 Å². The topological polar surface area (TPSA) is 24.4 Å². The number of rotatable bonds is 1. The van der Waals surface area contributed by atoms with Gasteiger partial charge in [0.1, 0.15) is 0 Å². The summed E-state index contributed by atoms with van der Waals surface area (Å²) in [6.45, 7) is 0. The number of benzene rings is 1. The largest absolute Gasteiger partial charge is 0.362 e. The van der Waals surface area contributed by atoms with Crippen LogP contribution in [0.5, 0.6) is 0 Å². The van der Waals surface area contributed by atoms with Crippen LogP contribution in [0.2, 0.25) is 0 Å². The molecule has 20 heavy (non-hydrogen) atoms. The first kappa shape index (κ1) is 12.8. The average Bonchev–Trinajstić information content (AvgIpc) is 2.89. The molecular weight excluding hydrogens is 264 g/mol. The standard InChI is InChI=1S/C17H22N2S/c1-2-6-13-10-15(9-12(13)5-1)18-17-19-16-8-4-3-7-14(16)11-20-17/h1-2,5-6,14-16H,3-4,7-11H2,(H,18,19). The van der Waals surface area contributed by atoms with Gasteiger partial charge in [-0.15, -0.1) is 0 Å². The highest BCUT2D eigenvalue weighted by Crippen LogP contribution is 2.34. The summed E-state index contributed by atoms with van der Waals surface area (Å²) in [5.41, 5.74) is 3.03. The quantitative estimate of drug-likeness (QED) is 0.855. The zero-order chi connectivity index (χ0) is 13.4. The number of amidine groups is 1. The molecule has 1 heterocycles. The van der Waals surface area contributed by atoms with E-state index in [0.29, 0.717) is 12.1 Å². The molecule has 106 valence electrons. The minimum Gasteiger partial charge on any atom is -0.362 e. The van der Waals surface area contributed by atoms with E-state index in [1.165, 1.54) is 47.7 Å². The van der Waals surface area contributed by atoms with Gasteiger partial charge < -0.3 is 5.32 Å². The number of nitrogens with one attached hydrogen (secondary N) is 1. The number of aliphatic imine (C=N–C) groups is 1. The molecule has 0 saturated heterocycles. The zero-order valence-electron chi connectivity index (χ0n) is 11.8.